The van der Waals surface area contributed by atoms with Crippen LogP contribution in [0.15, 0.2) is 78.9 Å². The minimum atomic E-state index is -0.452. The summed E-state index contributed by atoms with van der Waals surface area (Å²) in [5, 5.41) is 8.87. The summed E-state index contributed by atoms with van der Waals surface area (Å²) < 4.78 is 13.4. The van der Waals surface area contributed by atoms with E-state index in [1.165, 1.54) is 0 Å². The summed E-state index contributed by atoms with van der Waals surface area (Å²) in [4.78, 5) is 0. The zero-order chi connectivity index (χ0) is 18.3. The van der Waals surface area contributed by atoms with Gasteiger partial charge in [-0.15, -0.1) is 5.10 Å². The molecule has 3 aromatic carbocycles. The van der Waals surface area contributed by atoms with Gasteiger partial charge in [0, 0.05) is 0 Å². The summed E-state index contributed by atoms with van der Waals surface area (Å²) in [6.07, 6.45) is 0. The molecule has 2 atom stereocenters. The van der Waals surface area contributed by atoms with Crippen LogP contribution in [0.5, 0.6) is 5.75 Å². The number of nitrogens with zero attached hydrogens (tertiary/aromatic N) is 3. The lowest BCUT2D eigenvalue weighted by atomic mass is 9.87. The van der Waals surface area contributed by atoms with Crippen molar-refractivity contribution in [2.45, 2.75) is 11.6 Å². The Bertz CT molecular complexity index is 1070. The highest BCUT2D eigenvalue weighted by Gasteiger charge is 2.55. The largest absolute Gasteiger partial charge is 0.497 e. The van der Waals surface area contributed by atoms with E-state index < -0.39 is 5.60 Å². The van der Waals surface area contributed by atoms with E-state index in [4.69, 9.17) is 9.47 Å². The summed E-state index contributed by atoms with van der Waals surface area (Å²) in [5.41, 5.74) is 3.66. The van der Waals surface area contributed by atoms with Gasteiger partial charge in [-0.05, 0) is 35.4 Å². The Labute approximate surface area is 157 Å². The zero-order valence-electron chi connectivity index (χ0n) is 14.9. The molecule has 134 valence electrons. The second-order valence-electron chi connectivity index (χ2n) is 6.74. The predicted octanol–water partition coefficient (Wildman–Crippen LogP) is 3.96. The van der Waals surface area contributed by atoms with Crippen molar-refractivity contribution in [3.05, 3.63) is 90.0 Å². The maximum Gasteiger partial charge on any atom is 0.143 e. The Kier molecular flexibility index (Phi) is 3.69. The summed E-state index contributed by atoms with van der Waals surface area (Å²) in [6.45, 7) is 0.641. The summed E-state index contributed by atoms with van der Waals surface area (Å²) in [7, 11) is 1.67. The molecule has 5 nitrogen and oxygen atoms in total. The van der Waals surface area contributed by atoms with Crippen molar-refractivity contribution < 1.29 is 9.47 Å². The number of methoxy groups -OCH3 is 1. The third kappa shape index (κ3) is 2.59. The second-order valence-corrected chi connectivity index (χ2v) is 6.74. The molecule has 1 aromatic heterocycles. The maximum atomic E-state index is 6.11. The van der Waals surface area contributed by atoms with Crippen LogP contribution in [0, 0.1) is 0 Å². The number of epoxide rings is 1. The van der Waals surface area contributed by atoms with E-state index in [1.54, 1.807) is 7.11 Å². The first kappa shape index (κ1) is 16.0. The minimum absolute atomic E-state index is 0.127. The summed E-state index contributed by atoms with van der Waals surface area (Å²) in [6, 6.07) is 26.3. The van der Waals surface area contributed by atoms with Crippen LogP contribution in [-0.2, 0) is 10.3 Å². The van der Waals surface area contributed by atoms with Crippen LogP contribution in [0.25, 0.3) is 11.0 Å². The molecule has 1 aliphatic heterocycles. The second kappa shape index (κ2) is 6.21. The van der Waals surface area contributed by atoms with Gasteiger partial charge >= 0.3 is 0 Å². The number of benzene rings is 3. The molecule has 0 saturated carbocycles. The lowest BCUT2D eigenvalue weighted by Crippen LogP contribution is -2.28. The summed E-state index contributed by atoms with van der Waals surface area (Å²) >= 11 is 0. The molecule has 0 radical (unpaired) electrons. The van der Waals surface area contributed by atoms with Gasteiger partial charge < -0.3 is 9.47 Å². The maximum absolute atomic E-state index is 6.11. The van der Waals surface area contributed by atoms with Gasteiger partial charge in [0.25, 0.3) is 0 Å². The molecule has 2 unspecified atom stereocenters. The van der Waals surface area contributed by atoms with Crippen LogP contribution in [0.3, 0.4) is 0 Å². The van der Waals surface area contributed by atoms with Crippen LogP contribution in [0.2, 0.25) is 0 Å². The smallest absolute Gasteiger partial charge is 0.143 e. The van der Waals surface area contributed by atoms with Crippen LogP contribution in [0.4, 0.5) is 0 Å². The number of aromatic nitrogens is 3. The van der Waals surface area contributed by atoms with Gasteiger partial charge in [-0.2, -0.15) is 0 Å². The average molecular weight is 357 g/mol. The van der Waals surface area contributed by atoms with Crippen LogP contribution < -0.4 is 4.74 Å². The van der Waals surface area contributed by atoms with Crippen LogP contribution in [-0.4, -0.2) is 28.7 Å². The third-order valence-electron chi connectivity index (χ3n) is 5.21. The fraction of sp³-hybridized carbons (Fsp3) is 0.182. The Balaban J connectivity index is 1.70. The standard InChI is InChI=1S/C22H19N3O2/c1-26-18-13-11-16(12-14-18)21(22(15-27-22)17-7-3-2-4-8-17)25-20-10-6-5-9-19(20)23-24-25/h2-14,21H,15H2,1H3. The highest BCUT2D eigenvalue weighted by Crippen LogP contribution is 2.51. The molecule has 1 aliphatic rings. The molecular weight excluding hydrogens is 338 g/mol. The van der Waals surface area contributed by atoms with E-state index in [-0.39, 0.29) is 6.04 Å². The Morgan fingerprint density at radius 2 is 1.67 bits per heavy atom. The SMILES string of the molecule is COc1ccc(C(n2nnc3ccccc32)C2(c3ccccc3)CO2)cc1. The molecule has 0 spiro atoms. The average Bonchev–Trinajstić information content (AvgIpc) is 3.43. The summed E-state index contributed by atoms with van der Waals surface area (Å²) in [5.74, 6) is 0.825. The van der Waals surface area contributed by atoms with Crippen molar-refractivity contribution in [3.63, 3.8) is 0 Å². The van der Waals surface area contributed by atoms with Gasteiger partial charge in [0.1, 0.15) is 22.9 Å². The van der Waals surface area contributed by atoms with Crippen molar-refractivity contribution in [1.82, 2.24) is 15.0 Å². The van der Waals surface area contributed by atoms with E-state index in [0.29, 0.717) is 6.61 Å². The van der Waals surface area contributed by atoms with Gasteiger partial charge in [-0.25, -0.2) is 4.68 Å². The molecular formula is C22H19N3O2. The zero-order valence-corrected chi connectivity index (χ0v) is 14.9. The number of para-hydroxylation sites is 1. The molecule has 1 fully saturated rings. The first-order chi connectivity index (χ1) is 13.3. The lowest BCUT2D eigenvalue weighted by molar-refractivity contribution is 0.235. The highest BCUT2D eigenvalue weighted by molar-refractivity contribution is 5.74. The quantitative estimate of drug-likeness (QED) is 0.508. The van der Waals surface area contributed by atoms with E-state index in [0.717, 1.165) is 27.9 Å². The van der Waals surface area contributed by atoms with E-state index in [2.05, 4.69) is 34.6 Å². The molecule has 5 heteroatoms. The molecule has 4 aromatic rings. The third-order valence-corrected chi connectivity index (χ3v) is 5.21. The predicted molar refractivity (Wildman–Crippen MR) is 103 cm³/mol. The molecule has 5 rings (SSSR count). The lowest BCUT2D eigenvalue weighted by Gasteiger charge is -2.26. The van der Waals surface area contributed by atoms with E-state index in [1.807, 2.05) is 59.3 Å². The number of hydrogen-bond acceptors (Lipinski definition) is 4. The minimum Gasteiger partial charge on any atom is -0.497 e. The highest BCUT2D eigenvalue weighted by atomic mass is 16.6. The van der Waals surface area contributed by atoms with E-state index >= 15 is 0 Å². The Morgan fingerprint density at radius 3 is 2.37 bits per heavy atom. The van der Waals surface area contributed by atoms with Crippen molar-refractivity contribution in [3.8, 4) is 5.75 Å². The van der Waals surface area contributed by atoms with Crippen molar-refractivity contribution >= 4 is 11.0 Å². The number of hydrogen-bond donors (Lipinski definition) is 0. The van der Waals surface area contributed by atoms with Gasteiger partial charge in [0.05, 0.1) is 19.2 Å². The molecule has 0 aliphatic carbocycles. The van der Waals surface area contributed by atoms with Gasteiger partial charge in [-0.3, -0.25) is 0 Å². The fourth-order valence-corrected chi connectivity index (χ4v) is 3.75. The number of ether oxygens (including phenoxy) is 2. The topological polar surface area (TPSA) is 52.5 Å². The van der Waals surface area contributed by atoms with Gasteiger partial charge in [0.2, 0.25) is 0 Å². The molecule has 1 saturated heterocycles. The molecule has 0 amide bonds. The fourth-order valence-electron chi connectivity index (χ4n) is 3.75. The first-order valence-electron chi connectivity index (χ1n) is 8.95. The first-order valence-corrected chi connectivity index (χ1v) is 8.95. The van der Waals surface area contributed by atoms with Crippen molar-refractivity contribution in [2.75, 3.05) is 13.7 Å². The Morgan fingerprint density at radius 1 is 0.963 bits per heavy atom. The normalized spacial score (nSPS) is 19.7. The van der Waals surface area contributed by atoms with E-state index in [9.17, 15) is 0 Å². The van der Waals surface area contributed by atoms with Crippen LogP contribution in [0.1, 0.15) is 17.2 Å². The monoisotopic (exact) mass is 357 g/mol. The molecule has 2 heterocycles. The van der Waals surface area contributed by atoms with Crippen molar-refractivity contribution in [2.24, 2.45) is 0 Å². The molecule has 0 bridgehead atoms. The van der Waals surface area contributed by atoms with Crippen LogP contribution >= 0.6 is 0 Å². The van der Waals surface area contributed by atoms with Crippen molar-refractivity contribution in [1.29, 1.82) is 0 Å². The van der Waals surface area contributed by atoms with Gasteiger partial charge in [-0.1, -0.05) is 59.8 Å². The molecule has 0 N–H and O–H groups in total. The van der Waals surface area contributed by atoms with Gasteiger partial charge in [0.15, 0.2) is 0 Å². The molecule has 27 heavy (non-hydrogen) atoms. The Hall–Kier alpha value is -3.18. The number of fused-ring (bicyclic) bond motifs is 1. The number of rotatable bonds is 5.